The molecule has 1 heterocycles. The van der Waals surface area contributed by atoms with Crippen molar-refractivity contribution < 1.29 is 17.9 Å². The summed E-state index contributed by atoms with van der Waals surface area (Å²) < 4.78 is 34.1. The molecule has 0 aliphatic carbocycles. The highest BCUT2D eigenvalue weighted by molar-refractivity contribution is 7.92. The minimum atomic E-state index is -3.71. The first-order valence-electron chi connectivity index (χ1n) is 9.89. The Labute approximate surface area is 190 Å². The van der Waals surface area contributed by atoms with E-state index < -0.39 is 10.0 Å². The zero-order chi connectivity index (χ0) is 22.7. The molecule has 0 unspecified atom stereocenters. The Kier molecular flexibility index (Phi) is 6.11. The van der Waals surface area contributed by atoms with Gasteiger partial charge in [-0.05, 0) is 62.4 Å². The fraction of sp³-hybridized carbons (Fsp3) is 0.130. The molecule has 3 aromatic carbocycles. The number of aryl methyl sites for hydroxylation is 1. The zero-order valence-electron chi connectivity index (χ0n) is 17.5. The maximum atomic E-state index is 12.6. The lowest BCUT2D eigenvalue weighted by Crippen LogP contribution is -2.14. The molecular weight excluding hydrogens is 446 g/mol. The maximum absolute atomic E-state index is 12.6. The third kappa shape index (κ3) is 4.74. The van der Waals surface area contributed by atoms with Crippen LogP contribution in [-0.2, 0) is 10.0 Å². The van der Waals surface area contributed by atoms with Gasteiger partial charge in [-0.2, -0.15) is 0 Å². The number of fused-ring (bicyclic) bond motifs is 1. The number of amides is 1. The fourth-order valence-corrected chi connectivity index (χ4v) is 4.98. The molecule has 0 saturated heterocycles. The summed E-state index contributed by atoms with van der Waals surface area (Å²) >= 11 is 1.36. The van der Waals surface area contributed by atoms with Gasteiger partial charge in [-0.25, -0.2) is 13.4 Å². The molecule has 0 spiro atoms. The summed E-state index contributed by atoms with van der Waals surface area (Å²) in [7, 11) is -3.71. The summed E-state index contributed by atoms with van der Waals surface area (Å²) in [5, 5.41) is 3.25. The predicted molar refractivity (Wildman–Crippen MR) is 127 cm³/mol. The van der Waals surface area contributed by atoms with Crippen molar-refractivity contribution in [3.05, 3.63) is 77.9 Å². The monoisotopic (exact) mass is 467 g/mol. The van der Waals surface area contributed by atoms with Crippen LogP contribution in [0.3, 0.4) is 0 Å². The van der Waals surface area contributed by atoms with Crippen molar-refractivity contribution in [3.63, 3.8) is 0 Å². The molecule has 9 heteroatoms. The summed E-state index contributed by atoms with van der Waals surface area (Å²) in [6.45, 7) is 4.32. The van der Waals surface area contributed by atoms with E-state index in [-0.39, 0.29) is 10.8 Å². The van der Waals surface area contributed by atoms with Gasteiger partial charge < -0.3 is 4.74 Å². The normalized spacial score (nSPS) is 11.3. The van der Waals surface area contributed by atoms with Crippen LogP contribution in [0.5, 0.6) is 5.75 Å². The molecule has 32 heavy (non-hydrogen) atoms. The first-order valence-corrected chi connectivity index (χ1v) is 12.2. The number of sulfonamides is 1. The van der Waals surface area contributed by atoms with Gasteiger partial charge in [-0.1, -0.05) is 35.1 Å². The van der Waals surface area contributed by atoms with Crippen LogP contribution in [0.25, 0.3) is 10.2 Å². The van der Waals surface area contributed by atoms with Crippen molar-refractivity contribution in [3.8, 4) is 5.75 Å². The summed E-state index contributed by atoms with van der Waals surface area (Å²) in [6, 6.07) is 18.4. The summed E-state index contributed by atoms with van der Waals surface area (Å²) in [6.07, 6.45) is 0. The lowest BCUT2D eigenvalue weighted by molar-refractivity contribution is 0.102. The minimum absolute atomic E-state index is 0.173. The van der Waals surface area contributed by atoms with Crippen LogP contribution in [0.4, 0.5) is 10.8 Å². The van der Waals surface area contributed by atoms with Crippen molar-refractivity contribution in [2.75, 3.05) is 16.6 Å². The third-order valence-electron chi connectivity index (χ3n) is 4.63. The second-order valence-corrected chi connectivity index (χ2v) is 9.72. The van der Waals surface area contributed by atoms with Crippen LogP contribution in [0.1, 0.15) is 22.8 Å². The highest BCUT2D eigenvalue weighted by Crippen LogP contribution is 2.32. The van der Waals surface area contributed by atoms with E-state index in [0.29, 0.717) is 34.3 Å². The topological polar surface area (TPSA) is 97.4 Å². The molecule has 4 aromatic rings. The van der Waals surface area contributed by atoms with Crippen molar-refractivity contribution in [2.24, 2.45) is 0 Å². The van der Waals surface area contributed by atoms with Gasteiger partial charge >= 0.3 is 0 Å². The lowest BCUT2D eigenvalue weighted by atomic mass is 10.2. The highest BCUT2D eigenvalue weighted by atomic mass is 32.2. The van der Waals surface area contributed by atoms with Gasteiger partial charge in [0.05, 0.1) is 16.2 Å². The molecule has 0 aliphatic heterocycles. The second-order valence-electron chi connectivity index (χ2n) is 7.00. The first-order chi connectivity index (χ1) is 15.4. The fourth-order valence-electron chi connectivity index (χ4n) is 3.04. The number of nitrogens with one attached hydrogen (secondary N) is 2. The molecule has 0 saturated carbocycles. The average Bonchev–Trinajstić information content (AvgIpc) is 3.18. The lowest BCUT2D eigenvalue weighted by Gasteiger charge is -2.09. The van der Waals surface area contributed by atoms with Crippen LogP contribution in [0.15, 0.2) is 71.6 Å². The van der Waals surface area contributed by atoms with E-state index in [4.69, 9.17) is 4.74 Å². The van der Waals surface area contributed by atoms with E-state index in [1.807, 2.05) is 32.0 Å². The van der Waals surface area contributed by atoms with Crippen LogP contribution >= 0.6 is 11.3 Å². The number of thiazole rings is 1. The SMILES string of the molecule is CCOc1cccc2sc(NC(=O)c3ccc(NS(=O)(=O)c4ccc(C)cc4)cc3)nc12. The molecule has 4 rings (SSSR count). The molecule has 0 atom stereocenters. The largest absolute Gasteiger partial charge is 0.492 e. The molecule has 0 aliphatic rings. The average molecular weight is 468 g/mol. The van der Waals surface area contributed by atoms with Crippen molar-refractivity contribution in [1.82, 2.24) is 4.98 Å². The number of anilines is 2. The standard InChI is InChI=1S/C23H21N3O4S2/c1-3-30-19-5-4-6-20-21(19)24-23(31-20)25-22(27)16-9-11-17(12-10-16)26-32(28,29)18-13-7-15(2)8-14-18/h4-14,26H,3H2,1-2H3,(H,24,25,27). The Morgan fingerprint density at radius 2 is 1.75 bits per heavy atom. The predicted octanol–water partition coefficient (Wildman–Crippen LogP) is 5.06. The Balaban J connectivity index is 1.47. The van der Waals surface area contributed by atoms with Gasteiger partial charge in [0.1, 0.15) is 11.3 Å². The number of carbonyl (C=O) groups excluding carboxylic acids is 1. The molecule has 1 aromatic heterocycles. The minimum Gasteiger partial charge on any atom is -0.492 e. The van der Waals surface area contributed by atoms with Crippen LogP contribution in [0, 0.1) is 6.92 Å². The van der Waals surface area contributed by atoms with E-state index in [1.54, 1.807) is 48.5 Å². The number of ether oxygens (including phenoxy) is 1. The van der Waals surface area contributed by atoms with Crippen LogP contribution in [0.2, 0.25) is 0 Å². The molecule has 2 N–H and O–H groups in total. The summed E-state index contributed by atoms with van der Waals surface area (Å²) in [5.41, 5.74) is 2.42. The Morgan fingerprint density at radius 3 is 2.44 bits per heavy atom. The second kappa shape index (κ2) is 8.97. The summed E-state index contributed by atoms with van der Waals surface area (Å²) in [4.78, 5) is 17.3. The Hall–Kier alpha value is -3.43. The van der Waals surface area contributed by atoms with E-state index in [1.165, 1.54) is 11.3 Å². The molecule has 0 bridgehead atoms. The maximum Gasteiger partial charge on any atom is 0.261 e. The van der Waals surface area contributed by atoms with E-state index in [2.05, 4.69) is 15.0 Å². The number of hydrogen-bond donors (Lipinski definition) is 2. The first kappa shape index (κ1) is 21.8. The number of nitrogens with zero attached hydrogens (tertiary/aromatic N) is 1. The number of para-hydroxylation sites is 1. The van der Waals surface area contributed by atoms with E-state index in [0.717, 1.165) is 10.3 Å². The van der Waals surface area contributed by atoms with Gasteiger partial charge in [0.15, 0.2) is 5.13 Å². The number of aromatic nitrogens is 1. The molecule has 1 amide bonds. The van der Waals surface area contributed by atoms with Gasteiger partial charge in [-0.15, -0.1) is 0 Å². The third-order valence-corrected chi connectivity index (χ3v) is 6.97. The number of rotatable bonds is 7. The van der Waals surface area contributed by atoms with E-state index >= 15 is 0 Å². The Bertz CT molecular complexity index is 1360. The number of benzene rings is 3. The number of hydrogen-bond acceptors (Lipinski definition) is 6. The summed E-state index contributed by atoms with van der Waals surface area (Å²) in [5.74, 6) is 0.335. The van der Waals surface area contributed by atoms with Gasteiger partial charge in [0, 0.05) is 11.3 Å². The van der Waals surface area contributed by atoms with Crippen LogP contribution in [-0.4, -0.2) is 25.9 Å². The quantitative estimate of drug-likeness (QED) is 0.396. The smallest absolute Gasteiger partial charge is 0.261 e. The highest BCUT2D eigenvalue weighted by Gasteiger charge is 2.15. The van der Waals surface area contributed by atoms with Crippen LogP contribution < -0.4 is 14.8 Å². The zero-order valence-corrected chi connectivity index (χ0v) is 19.1. The van der Waals surface area contributed by atoms with Crippen molar-refractivity contribution in [2.45, 2.75) is 18.7 Å². The molecule has 7 nitrogen and oxygen atoms in total. The molecule has 0 fully saturated rings. The molecular formula is C23H21N3O4S2. The van der Waals surface area contributed by atoms with E-state index in [9.17, 15) is 13.2 Å². The number of carbonyl (C=O) groups is 1. The van der Waals surface area contributed by atoms with Gasteiger partial charge in [0.25, 0.3) is 15.9 Å². The van der Waals surface area contributed by atoms with Crippen molar-refractivity contribution in [1.29, 1.82) is 0 Å². The van der Waals surface area contributed by atoms with Crippen molar-refractivity contribution >= 4 is 48.3 Å². The van der Waals surface area contributed by atoms with Gasteiger partial charge in [0.2, 0.25) is 0 Å². The Morgan fingerprint density at radius 1 is 1.03 bits per heavy atom. The molecule has 164 valence electrons. The molecule has 0 radical (unpaired) electrons. The van der Waals surface area contributed by atoms with Gasteiger partial charge in [-0.3, -0.25) is 14.8 Å².